The first kappa shape index (κ1) is 69.1. The van der Waals surface area contributed by atoms with Crippen LogP contribution in [0.5, 0.6) is 0 Å². The number of carbonyl (C=O) groups excluding carboxylic acids is 9. The van der Waals surface area contributed by atoms with Crippen molar-refractivity contribution in [1.29, 1.82) is 0 Å². The van der Waals surface area contributed by atoms with Gasteiger partial charge in [0.1, 0.15) is 54.9 Å². The van der Waals surface area contributed by atoms with Crippen molar-refractivity contribution in [3.63, 3.8) is 0 Å². The largest absolute Gasteiger partial charge is 0.481 e. The number of hydrogen-bond acceptors (Lipinski definition) is 16. The third-order valence-corrected chi connectivity index (χ3v) is 12.5. The number of rotatable bonds is 37. The van der Waals surface area contributed by atoms with Gasteiger partial charge in [-0.05, 0) is 88.8 Å². The molecule has 1 aromatic heterocycles. The molecule has 0 aliphatic rings. The molecule has 0 unspecified atom stereocenters. The van der Waals surface area contributed by atoms with Crippen LogP contribution in [0.4, 0.5) is 0 Å². The molecule has 1 aromatic carbocycles. The Morgan fingerprint density at radius 2 is 1.14 bits per heavy atom. The third-order valence-electron chi connectivity index (χ3n) is 12.5. The molecule has 2 aromatic rings. The van der Waals surface area contributed by atoms with Gasteiger partial charge in [0.2, 0.25) is 53.2 Å². The Morgan fingerprint density at radius 1 is 0.605 bits per heavy atom. The van der Waals surface area contributed by atoms with Crippen molar-refractivity contribution in [1.82, 2.24) is 52.8 Å². The predicted molar refractivity (Wildman–Crippen MR) is 294 cm³/mol. The summed E-state index contributed by atoms with van der Waals surface area (Å²) in [5.41, 5.74) is 23.9. The van der Waals surface area contributed by atoms with Crippen molar-refractivity contribution >= 4 is 82.0 Å². The van der Waals surface area contributed by atoms with Gasteiger partial charge in [0, 0.05) is 36.5 Å². The average molecular weight is 1150 g/mol. The van der Waals surface area contributed by atoms with E-state index in [0.29, 0.717) is 29.3 Å². The number of aliphatic hydroxyl groups is 2. The minimum Gasteiger partial charge on any atom is -0.481 e. The summed E-state index contributed by atoms with van der Waals surface area (Å²) in [5, 5.41) is 62.2. The van der Waals surface area contributed by atoms with Crippen LogP contribution in [-0.4, -0.2) is 183 Å². The van der Waals surface area contributed by atoms with Crippen LogP contribution in [-0.2, 0) is 59.2 Å². The SMILES string of the molecule is CC(C)C[C@H](N)C(=O)N[C@@H](C)C(=O)N[C@H](C(=O)N[C@@H](CCC(=O)O)C(=O)N[C@@H](CCCCN)C(=O)N[C@@H](CO)C(=O)N[C@@H](CCCN=C(N)N)C(=O)N[C@@H](Cc1c[nH]c2ccccc12)C(=O)N[C@H](C(=O)NCC(=O)O)C(C)C)[C@@H](C)O. The zero-order valence-electron chi connectivity index (χ0n) is 46.5. The van der Waals surface area contributed by atoms with Crippen molar-refractivity contribution in [3.8, 4) is 0 Å². The maximum absolute atomic E-state index is 14.4. The lowest BCUT2D eigenvalue weighted by molar-refractivity contribution is -0.139. The first-order chi connectivity index (χ1) is 38.1. The van der Waals surface area contributed by atoms with Crippen molar-refractivity contribution in [2.24, 2.45) is 39.8 Å². The number of aromatic nitrogens is 1. The first-order valence-electron chi connectivity index (χ1n) is 26.6. The number of nitrogens with one attached hydrogen (secondary N) is 10. The number of carboxylic acids is 2. The average Bonchev–Trinajstić information content (AvgIpc) is 3.84. The van der Waals surface area contributed by atoms with Gasteiger partial charge in [0.15, 0.2) is 5.96 Å². The third kappa shape index (κ3) is 24.5. The Morgan fingerprint density at radius 3 is 1.68 bits per heavy atom. The number of aliphatic hydroxyl groups excluding tert-OH is 2. The highest BCUT2D eigenvalue weighted by Gasteiger charge is 2.36. The number of nitrogens with zero attached hydrogens (tertiary/aromatic N) is 1. The van der Waals surface area contributed by atoms with Gasteiger partial charge in [-0.3, -0.25) is 57.7 Å². The number of H-pyrrole nitrogens is 1. The number of aliphatic carboxylic acids is 2. The molecular formula is C51H83N15O15. The van der Waals surface area contributed by atoms with Gasteiger partial charge in [-0.15, -0.1) is 0 Å². The topological polar surface area (TPSA) is 509 Å². The zero-order chi connectivity index (χ0) is 61.1. The number of carboxylic acid groups (broad SMARTS) is 2. The van der Waals surface area contributed by atoms with Crippen LogP contribution in [0.2, 0.25) is 0 Å². The molecule has 0 aliphatic heterocycles. The fourth-order valence-electron chi connectivity index (χ4n) is 8.09. The van der Waals surface area contributed by atoms with E-state index in [9.17, 15) is 68.1 Å². The van der Waals surface area contributed by atoms with E-state index < -0.39 is 157 Å². The Labute approximate surface area is 468 Å². The molecule has 0 bridgehead atoms. The second-order valence-corrected chi connectivity index (χ2v) is 20.3. The predicted octanol–water partition coefficient (Wildman–Crippen LogP) is -4.74. The van der Waals surface area contributed by atoms with Gasteiger partial charge in [0.25, 0.3) is 0 Å². The molecule has 0 fully saturated rings. The van der Waals surface area contributed by atoms with Crippen LogP contribution in [0.3, 0.4) is 0 Å². The quantitative estimate of drug-likeness (QED) is 0.0172. The van der Waals surface area contributed by atoms with Crippen LogP contribution >= 0.6 is 0 Å². The van der Waals surface area contributed by atoms with E-state index in [0.717, 1.165) is 6.92 Å². The molecule has 0 saturated carbocycles. The van der Waals surface area contributed by atoms with E-state index in [4.69, 9.17) is 28.0 Å². The van der Waals surface area contributed by atoms with E-state index in [1.807, 2.05) is 13.8 Å². The van der Waals surface area contributed by atoms with E-state index in [2.05, 4.69) is 57.8 Å². The Kier molecular flexibility index (Phi) is 29.8. The molecule has 9 amide bonds. The number of aromatic amines is 1. The van der Waals surface area contributed by atoms with E-state index >= 15 is 0 Å². The summed E-state index contributed by atoms with van der Waals surface area (Å²) >= 11 is 0. The summed E-state index contributed by atoms with van der Waals surface area (Å²) in [7, 11) is 0. The maximum atomic E-state index is 14.4. The summed E-state index contributed by atoms with van der Waals surface area (Å²) in [6.45, 7) is 7.64. The zero-order valence-corrected chi connectivity index (χ0v) is 46.5. The summed E-state index contributed by atoms with van der Waals surface area (Å²) < 4.78 is 0. The number of carbonyl (C=O) groups is 11. The molecule has 30 nitrogen and oxygen atoms in total. The molecule has 0 aliphatic carbocycles. The lowest BCUT2D eigenvalue weighted by Gasteiger charge is -2.28. The smallest absolute Gasteiger partial charge is 0.322 e. The molecule has 452 valence electrons. The van der Waals surface area contributed by atoms with Crippen molar-refractivity contribution in [2.75, 3.05) is 26.2 Å². The Bertz CT molecular complexity index is 2500. The van der Waals surface area contributed by atoms with Gasteiger partial charge in [0.05, 0.1) is 18.8 Å². The number of unbranched alkanes of at least 4 members (excludes halogenated alkanes) is 1. The van der Waals surface area contributed by atoms with E-state index in [1.54, 1.807) is 44.3 Å². The van der Waals surface area contributed by atoms with Crippen molar-refractivity contribution in [2.45, 2.75) is 160 Å². The minimum atomic E-state index is -1.82. The Balaban J connectivity index is 2.46. The van der Waals surface area contributed by atoms with Crippen LogP contribution in [0.1, 0.15) is 98.5 Å². The number of aliphatic imine (C=N–C) groups is 1. The standard InChI is InChI=1S/C51H83N15O15/c1-25(2)20-31(53)43(74)59-27(5)42(73)66-41(28(6)68)50(81)62-35(16-17-38(69)70)46(77)60-33(14-9-10-18-52)45(76)64-37(24-67)48(79)61-34(15-11-19-56-51(54)55)44(75)63-36(21-29-22-57-32-13-8-7-12-30(29)32)47(78)65-40(26(3)4)49(80)58-23-39(71)72/h7-8,12-13,22,25-28,31,33-37,40-41,57,67-68H,9-11,14-21,23-24,52-53H2,1-6H3,(H,58,80)(H,59,74)(H,60,77)(H,61,79)(H,62,81)(H,63,75)(H,64,76)(H,65,78)(H,66,73)(H,69,70)(H,71,72)(H4,54,55,56)/t27-,28+,31-,33-,34-,35-,36-,37-,40-,41-/m0/s1. The highest BCUT2D eigenvalue weighted by Crippen LogP contribution is 2.20. The molecule has 22 N–H and O–H groups in total. The second kappa shape index (κ2) is 34.9. The maximum Gasteiger partial charge on any atom is 0.322 e. The molecular weight excluding hydrogens is 1060 g/mol. The van der Waals surface area contributed by atoms with Gasteiger partial charge in [-0.1, -0.05) is 45.9 Å². The van der Waals surface area contributed by atoms with E-state index in [-0.39, 0.29) is 57.1 Å². The number of amides is 9. The molecule has 0 spiro atoms. The number of fused-ring (bicyclic) bond motifs is 1. The molecule has 30 heteroatoms. The molecule has 2 rings (SSSR count). The molecule has 10 atom stereocenters. The summed E-state index contributed by atoms with van der Waals surface area (Å²) in [6, 6.07) is -6.20. The summed E-state index contributed by atoms with van der Waals surface area (Å²) in [6.07, 6.45) is -0.890. The minimum absolute atomic E-state index is 0.0392. The van der Waals surface area contributed by atoms with Crippen LogP contribution < -0.4 is 70.8 Å². The van der Waals surface area contributed by atoms with Crippen LogP contribution in [0.25, 0.3) is 10.9 Å². The number of para-hydroxylation sites is 1. The number of benzene rings is 1. The summed E-state index contributed by atoms with van der Waals surface area (Å²) in [5.74, 6) is -12.1. The molecule has 81 heavy (non-hydrogen) atoms. The van der Waals surface area contributed by atoms with Crippen molar-refractivity contribution in [3.05, 3.63) is 36.0 Å². The van der Waals surface area contributed by atoms with Gasteiger partial charge in [-0.25, -0.2) is 0 Å². The number of hydrogen-bond donors (Lipinski definition) is 18. The monoisotopic (exact) mass is 1150 g/mol. The van der Waals surface area contributed by atoms with Crippen LogP contribution in [0, 0.1) is 11.8 Å². The van der Waals surface area contributed by atoms with Gasteiger partial charge in [-0.2, -0.15) is 0 Å². The fraction of sp³-hybridized carbons (Fsp3) is 0.608. The Hall–Kier alpha value is -7.96. The van der Waals surface area contributed by atoms with Gasteiger partial charge < -0.3 is 96.2 Å². The normalized spacial score (nSPS) is 14.9. The fourth-order valence-corrected chi connectivity index (χ4v) is 8.09. The van der Waals surface area contributed by atoms with Gasteiger partial charge >= 0.3 is 11.9 Å². The molecule has 0 radical (unpaired) electrons. The lowest BCUT2D eigenvalue weighted by atomic mass is 10.00. The van der Waals surface area contributed by atoms with Crippen LogP contribution in [0.15, 0.2) is 35.5 Å². The lowest BCUT2D eigenvalue weighted by Crippen LogP contribution is -2.62. The highest BCUT2D eigenvalue weighted by molar-refractivity contribution is 5.99. The number of guanidine groups is 1. The molecule has 1 heterocycles. The molecule has 0 saturated heterocycles. The summed E-state index contributed by atoms with van der Waals surface area (Å²) in [4.78, 5) is 153. The second-order valence-electron chi connectivity index (χ2n) is 20.3. The number of nitrogens with two attached hydrogens (primary N) is 4. The van der Waals surface area contributed by atoms with E-state index in [1.165, 1.54) is 6.92 Å². The van der Waals surface area contributed by atoms with Crippen molar-refractivity contribution < 1.29 is 73.2 Å². The first-order valence-corrected chi connectivity index (χ1v) is 26.6. The highest BCUT2D eigenvalue weighted by atomic mass is 16.4.